The molecule has 0 amide bonds. The van der Waals surface area contributed by atoms with Crippen LogP contribution in [0.25, 0.3) is 6.08 Å². The van der Waals surface area contributed by atoms with Crippen LogP contribution in [0.4, 0.5) is 11.4 Å². The fourth-order valence-electron chi connectivity index (χ4n) is 3.13. The molecule has 0 aromatic heterocycles. The fourth-order valence-corrected chi connectivity index (χ4v) is 3.99. The molecule has 136 valence electrons. The first-order valence-electron chi connectivity index (χ1n) is 8.32. The minimum Gasteiger partial charge on any atom is -0.371 e. The normalized spacial score (nSPS) is 15.0. The summed E-state index contributed by atoms with van der Waals surface area (Å²) in [4.78, 5) is 12.3. The number of hydrogen-bond donors (Lipinski definition) is 0. The molecule has 0 atom stereocenters. The zero-order chi connectivity index (χ0) is 18.7. The van der Waals surface area contributed by atoms with E-state index in [9.17, 15) is 18.5 Å². The summed E-state index contributed by atoms with van der Waals surface area (Å²) in [7, 11) is -3.67. The SMILES string of the molecule is CS(=O)(=O)c1cc(N2CCC(=Cc3ccccc3)CC2)ccc1[N+](=O)[O-]. The van der Waals surface area contributed by atoms with Crippen molar-refractivity contribution in [1.82, 2.24) is 0 Å². The van der Waals surface area contributed by atoms with Crippen molar-refractivity contribution in [3.05, 3.63) is 69.8 Å². The summed E-state index contributed by atoms with van der Waals surface area (Å²) < 4.78 is 23.8. The van der Waals surface area contributed by atoms with Gasteiger partial charge in [-0.25, -0.2) is 8.42 Å². The molecule has 7 heteroatoms. The van der Waals surface area contributed by atoms with Crippen LogP contribution in [-0.2, 0) is 9.84 Å². The van der Waals surface area contributed by atoms with E-state index in [1.807, 2.05) is 18.2 Å². The van der Waals surface area contributed by atoms with Crippen molar-refractivity contribution in [3.8, 4) is 0 Å². The van der Waals surface area contributed by atoms with Gasteiger partial charge >= 0.3 is 0 Å². The number of nitrogens with zero attached hydrogens (tertiary/aromatic N) is 2. The van der Waals surface area contributed by atoms with Gasteiger partial charge in [-0.05, 0) is 30.5 Å². The van der Waals surface area contributed by atoms with Gasteiger partial charge < -0.3 is 4.90 Å². The van der Waals surface area contributed by atoms with Gasteiger partial charge in [0.05, 0.1) is 4.92 Å². The van der Waals surface area contributed by atoms with Crippen LogP contribution in [0.1, 0.15) is 18.4 Å². The average molecular weight is 372 g/mol. The number of nitro benzene ring substituents is 1. The first-order chi connectivity index (χ1) is 12.3. The number of rotatable bonds is 4. The van der Waals surface area contributed by atoms with Gasteiger partial charge in [-0.3, -0.25) is 10.1 Å². The Morgan fingerprint density at radius 3 is 2.31 bits per heavy atom. The van der Waals surface area contributed by atoms with E-state index in [4.69, 9.17) is 0 Å². The average Bonchev–Trinajstić information content (AvgIpc) is 2.62. The molecule has 0 bridgehead atoms. The molecule has 0 radical (unpaired) electrons. The lowest BCUT2D eigenvalue weighted by Crippen LogP contribution is -2.30. The molecule has 3 rings (SSSR count). The summed E-state index contributed by atoms with van der Waals surface area (Å²) in [6.45, 7) is 1.50. The Labute approximate surface area is 152 Å². The van der Waals surface area contributed by atoms with Crippen molar-refractivity contribution in [2.45, 2.75) is 17.7 Å². The summed E-state index contributed by atoms with van der Waals surface area (Å²) in [5, 5.41) is 11.1. The Morgan fingerprint density at radius 1 is 1.08 bits per heavy atom. The van der Waals surface area contributed by atoms with Crippen molar-refractivity contribution in [2.24, 2.45) is 0 Å². The highest BCUT2D eigenvalue weighted by atomic mass is 32.2. The molecule has 0 spiro atoms. The second kappa shape index (κ2) is 7.29. The number of nitro groups is 1. The first kappa shape index (κ1) is 18.1. The second-order valence-electron chi connectivity index (χ2n) is 6.38. The molecule has 0 unspecified atom stereocenters. The molecule has 0 N–H and O–H groups in total. The molecule has 1 aliphatic heterocycles. The van der Waals surface area contributed by atoms with E-state index >= 15 is 0 Å². The predicted molar refractivity (Wildman–Crippen MR) is 102 cm³/mol. The minimum atomic E-state index is -3.67. The second-order valence-corrected chi connectivity index (χ2v) is 8.37. The van der Waals surface area contributed by atoms with Crippen molar-refractivity contribution >= 4 is 27.3 Å². The molecule has 1 saturated heterocycles. The summed E-state index contributed by atoms with van der Waals surface area (Å²) in [6.07, 6.45) is 4.94. The molecule has 2 aromatic carbocycles. The molecule has 1 heterocycles. The first-order valence-corrected chi connectivity index (χ1v) is 10.2. The summed E-state index contributed by atoms with van der Waals surface area (Å²) in [5.41, 5.74) is 2.84. The monoisotopic (exact) mass is 372 g/mol. The largest absolute Gasteiger partial charge is 0.371 e. The number of benzene rings is 2. The Kier molecular flexibility index (Phi) is 5.08. The van der Waals surface area contributed by atoms with Crippen LogP contribution in [0.5, 0.6) is 0 Å². The zero-order valence-electron chi connectivity index (χ0n) is 14.5. The van der Waals surface area contributed by atoms with Crippen molar-refractivity contribution < 1.29 is 13.3 Å². The van der Waals surface area contributed by atoms with Crippen LogP contribution in [0.2, 0.25) is 0 Å². The number of sulfone groups is 1. The van der Waals surface area contributed by atoms with Gasteiger partial charge in [-0.15, -0.1) is 0 Å². The van der Waals surface area contributed by atoms with E-state index in [1.165, 1.54) is 23.3 Å². The van der Waals surface area contributed by atoms with Crippen LogP contribution in [0.15, 0.2) is 59.0 Å². The fraction of sp³-hybridized carbons (Fsp3) is 0.263. The molecular formula is C19H20N2O4S. The van der Waals surface area contributed by atoms with E-state index in [1.54, 1.807) is 6.07 Å². The van der Waals surface area contributed by atoms with Crippen LogP contribution < -0.4 is 4.90 Å². The molecule has 26 heavy (non-hydrogen) atoms. The van der Waals surface area contributed by atoms with Crippen LogP contribution in [0, 0.1) is 10.1 Å². The lowest BCUT2D eigenvalue weighted by atomic mass is 10.0. The highest BCUT2D eigenvalue weighted by Crippen LogP contribution is 2.31. The Hall–Kier alpha value is -2.67. The van der Waals surface area contributed by atoms with E-state index in [-0.39, 0.29) is 10.6 Å². The molecule has 0 saturated carbocycles. The smallest absolute Gasteiger partial charge is 0.288 e. The van der Waals surface area contributed by atoms with Gasteiger partial charge in [0.2, 0.25) is 0 Å². The van der Waals surface area contributed by atoms with E-state index < -0.39 is 14.8 Å². The van der Waals surface area contributed by atoms with Crippen LogP contribution in [-0.4, -0.2) is 32.7 Å². The number of hydrogen-bond acceptors (Lipinski definition) is 5. The molecule has 6 nitrogen and oxygen atoms in total. The highest BCUT2D eigenvalue weighted by molar-refractivity contribution is 7.90. The van der Waals surface area contributed by atoms with Gasteiger partial charge in [0.15, 0.2) is 9.84 Å². The van der Waals surface area contributed by atoms with Crippen LogP contribution >= 0.6 is 0 Å². The van der Waals surface area contributed by atoms with Gasteiger partial charge in [-0.2, -0.15) is 0 Å². The molecule has 2 aromatic rings. The van der Waals surface area contributed by atoms with Gasteiger partial charge in [0.1, 0.15) is 4.90 Å². The topological polar surface area (TPSA) is 80.5 Å². The maximum atomic E-state index is 11.9. The third-order valence-corrected chi connectivity index (χ3v) is 5.61. The lowest BCUT2D eigenvalue weighted by molar-refractivity contribution is -0.387. The predicted octanol–water partition coefficient (Wildman–Crippen LogP) is 3.68. The van der Waals surface area contributed by atoms with Crippen molar-refractivity contribution in [3.63, 3.8) is 0 Å². The third kappa shape index (κ3) is 4.11. The molecular weight excluding hydrogens is 352 g/mol. The molecule has 1 fully saturated rings. The standard InChI is InChI=1S/C19H20N2O4S/c1-26(24,25)19-14-17(7-8-18(19)21(22)23)20-11-9-16(10-12-20)13-15-5-3-2-4-6-15/h2-8,13-14H,9-12H2,1H3. The highest BCUT2D eigenvalue weighted by Gasteiger charge is 2.24. The number of piperidine rings is 1. The summed E-state index contributed by atoms with van der Waals surface area (Å²) in [5.74, 6) is 0. The maximum Gasteiger partial charge on any atom is 0.288 e. The molecule has 1 aliphatic rings. The summed E-state index contributed by atoms with van der Waals surface area (Å²) in [6, 6.07) is 14.4. The zero-order valence-corrected chi connectivity index (χ0v) is 15.3. The van der Waals surface area contributed by atoms with E-state index in [0.29, 0.717) is 5.69 Å². The van der Waals surface area contributed by atoms with Crippen molar-refractivity contribution in [2.75, 3.05) is 24.2 Å². The van der Waals surface area contributed by atoms with Gasteiger partial charge in [-0.1, -0.05) is 42.0 Å². The van der Waals surface area contributed by atoms with Crippen LogP contribution in [0.3, 0.4) is 0 Å². The maximum absolute atomic E-state index is 11.9. The lowest BCUT2D eigenvalue weighted by Gasteiger charge is -2.30. The van der Waals surface area contributed by atoms with Crippen molar-refractivity contribution in [1.29, 1.82) is 0 Å². The Balaban J connectivity index is 1.80. The molecule has 0 aliphatic carbocycles. The number of anilines is 1. The van der Waals surface area contributed by atoms with E-state index in [2.05, 4.69) is 23.1 Å². The van der Waals surface area contributed by atoms with E-state index in [0.717, 1.165) is 32.2 Å². The minimum absolute atomic E-state index is 0.231. The Bertz CT molecular complexity index is 943. The van der Waals surface area contributed by atoms with Gasteiger partial charge in [0, 0.05) is 31.1 Å². The summed E-state index contributed by atoms with van der Waals surface area (Å²) >= 11 is 0. The quantitative estimate of drug-likeness (QED) is 0.604. The third-order valence-electron chi connectivity index (χ3n) is 4.48. The Morgan fingerprint density at radius 2 is 1.73 bits per heavy atom. The van der Waals surface area contributed by atoms with Gasteiger partial charge in [0.25, 0.3) is 5.69 Å².